The van der Waals surface area contributed by atoms with E-state index in [1.807, 2.05) is 24.0 Å². The van der Waals surface area contributed by atoms with Crippen molar-refractivity contribution in [2.45, 2.75) is 13.0 Å². The van der Waals surface area contributed by atoms with Crippen LogP contribution in [0.1, 0.15) is 24.4 Å². The number of ether oxygens (including phenoxy) is 2. The number of benzene rings is 2. The van der Waals surface area contributed by atoms with Crippen LogP contribution in [0.2, 0.25) is 0 Å². The van der Waals surface area contributed by atoms with Gasteiger partial charge in [-0.2, -0.15) is 4.98 Å². The summed E-state index contributed by atoms with van der Waals surface area (Å²) in [5.41, 5.74) is 2.96. The Morgan fingerprint density at radius 1 is 1.25 bits per heavy atom. The third-order valence-electron chi connectivity index (χ3n) is 5.38. The third kappa shape index (κ3) is 3.50. The molecular weight excluding hydrogens is 431 g/mol. The second-order valence-electron chi connectivity index (χ2n) is 7.33. The van der Waals surface area contributed by atoms with Crippen molar-refractivity contribution in [2.24, 2.45) is 0 Å². The summed E-state index contributed by atoms with van der Waals surface area (Å²) in [5, 5.41) is 7.95. The Bertz CT molecular complexity index is 1260. The van der Waals surface area contributed by atoms with E-state index in [0.29, 0.717) is 46.0 Å². The predicted molar refractivity (Wildman–Crippen MR) is 120 cm³/mol. The number of nitrogens with zero attached hydrogens (tertiary/aromatic N) is 3. The van der Waals surface area contributed by atoms with Gasteiger partial charge in [-0.25, -0.2) is 4.39 Å². The summed E-state index contributed by atoms with van der Waals surface area (Å²) in [7, 11) is 0. The summed E-state index contributed by atoms with van der Waals surface area (Å²) in [6, 6.07) is 11.3. The highest BCUT2D eigenvalue weighted by Gasteiger charge is 2.34. The summed E-state index contributed by atoms with van der Waals surface area (Å²) >= 11 is 5.56. The fraction of sp³-hybridized carbons (Fsp3) is 0.174. The van der Waals surface area contributed by atoms with Crippen LogP contribution in [0.5, 0.6) is 11.5 Å². The standard InChI is InChI=1S/C23H19FN4O3S/c1-3-9-28-13(2)19(20(25-23(28)32)14-5-4-6-16(24)10-14)22-26-21(27-31-22)15-7-8-17-18(11-15)30-12-29-17/h3-8,10-11,20H,1,9,12H2,2H3,(H,25,32). The van der Waals surface area contributed by atoms with E-state index < -0.39 is 6.04 Å². The van der Waals surface area contributed by atoms with Gasteiger partial charge in [0.25, 0.3) is 5.89 Å². The molecule has 2 aliphatic rings. The molecule has 0 saturated carbocycles. The van der Waals surface area contributed by atoms with E-state index in [4.69, 9.17) is 26.2 Å². The molecule has 0 fully saturated rings. The summed E-state index contributed by atoms with van der Waals surface area (Å²) in [6.45, 7) is 6.41. The minimum atomic E-state index is -0.454. The number of hydrogen-bond acceptors (Lipinski definition) is 6. The van der Waals surface area contributed by atoms with E-state index in [1.165, 1.54) is 12.1 Å². The Hall–Kier alpha value is -3.72. The van der Waals surface area contributed by atoms with Crippen molar-refractivity contribution in [2.75, 3.05) is 13.3 Å². The highest BCUT2D eigenvalue weighted by molar-refractivity contribution is 7.80. The molecule has 2 aromatic carbocycles. The molecule has 0 spiro atoms. The first-order chi connectivity index (χ1) is 15.5. The second kappa shape index (κ2) is 8.08. The van der Waals surface area contributed by atoms with Crippen molar-refractivity contribution in [3.63, 3.8) is 0 Å². The predicted octanol–water partition coefficient (Wildman–Crippen LogP) is 4.45. The van der Waals surface area contributed by atoms with Crippen LogP contribution in [-0.4, -0.2) is 33.5 Å². The number of allylic oxidation sites excluding steroid dienone is 1. The number of halogens is 1. The minimum absolute atomic E-state index is 0.183. The molecular formula is C23H19FN4O3S. The van der Waals surface area contributed by atoms with Gasteiger partial charge in [-0.05, 0) is 55.0 Å². The average molecular weight is 450 g/mol. The molecule has 1 N–H and O–H groups in total. The lowest BCUT2D eigenvalue weighted by Gasteiger charge is -2.36. The Kier molecular flexibility index (Phi) is 5.10. The molecule has 9 heteroatoms. The maximum absolute atomic E-state index is 14.0. The zero-order valence-corrected chi connectivity index (χ0v) is 18.0. The van der Waals surface area contributed by atoms with Crippen LogP contribution in [-0.2, 0) is 0 Å². The Morgan fingerprint density at radius 3 is 2.91 bits per heavy atom. The lowest BCUT2D eigenvalue weighted by Crippen LogP contribution is -2.45. The molecule has 0 amide bonds. The van der Waals surface area contributed by atoms with Gasteiger partial charge in [-0.15, -0.1) is 6.58 Å². The SMILES string of the molecule is C=CCN1C(=S)NC(c2cccc(F)c2)C(c2nc(-c3ccc4c(c3)OCO4)no2)=C1C. The number of fused-ring (bicyclic) bond motifs is 1. The van der Waals surface area contributed by atoms with Crippen LogP contribution >= 0.6 is 12.2 Å². The summed E-state index contributed by atoms with van der Waals surface area (Å²) < 4.78 is 30.5. The summed E-state index contributed by atoms with van der Waals surface area (Å²) in [4.78, 5) is 6.52. The average Bonchev–Trinajstić information content (AvgIpc) is 3.45. The maximum atomic E-state index is 14.0. The molecule has 0 bridgehead atoms. The van der Waals surface area contributed by atoms with Gasteiger partial charge < -0.3 is 24.2 Å². The van der Waals surface area contributed by atoms with Gasteiger partial charge in [0.2, 0.25) is 12.6 Å². The fourth-order valence-electron chi connectivity index (χ4n) is 3.83. The molecule has 162 valence electrons. The zero-order chi connectivity index (χ0) is 22.2. The smallest absolute Gasteiger partial charge is 0.258 e. The number of rotatable bonds is 5. The van der Waals surface area contributed by atoms with Crippen LogP contribution in [0.15, 0.2) is 65.3 Å². The first-order valence-corrected chi connectivity index (χ1v) is 10.3. The van der Waals surface area contributed by atoms with Crippen molar-refractivity contribution < 1.29 is 18.4 Å². The van der Waals surface area contributed by atoms with E-state index in [2.05, 4.69) is 22.0 Å². The van der Waals surface area contributed by atoms with E-state index >= 15 is 0 Å². The minimum Gasteiger partial charge on any atom is -0.454 e. The number of hydrogen-bond donors (Lipinski definition) is 1. The highest BCUT2D eigenvalue weighted by Crippen LogP contribution is 2.39. The Morgan fingerprint density at radius 2 is 2.09 bits per heavy atom. The van der Waals surface area contributed by atoms with Crippen LogP contribution < -0.4 is 14.8 Å². The van der Waals surface area contributed by atoms with Crippen LogP contribution in [0.3, 0.4) is 0 Å². The van der Waals surface area contributed by atoms with Gasteiger partial charge >= 0.3 is 0 Å². The lowest BCUT2D eigenvalue weighted by atomic mass is 9.94. The molecule has 3 heterocycles. The number of nitrogens with one attached hydrogen (secondary N) is 1. The Balaban J connectivity index is 1.59. The quantitative estimate of drug-likeness (QED) is 0.452. The van der Waals surface area contributed by atoms with E-state index in [1.54, 1.807) is 24.3 Å². The van der Waals surface area contributed by atoms with Gasteiger partial charge in [0, 0.05) is 17.8 Å². The first-order valence-electron chi connectivity index (χ1n) is 9.94. The maximum Gasteiger partial charge on any atom is 0.258 e. The van der Waals surface area contributed by atoms with Gasteiger partial charge in [0.15, 0.2) is 16.6 Å². The first kappa shape index (κ1) is 20.2. The van der Waals surface area contributed by atoms with E-state index in [0.717, 1.165) is 11.3 Å². The summed E-state index contributed by atoms with van der Waals surface area (Å²) in [6.07, 6.45) is 1.75. The van der Waals surface area contributed by atoms with Gasteiger partial charge in [-0.3, -0.25) is 0 Å². The number of aromatic nitrogens is 2. The molecule has 0 radical (unpaired) electrons. The van der Waals surface area contributed by atoms with Crippen LogP contribution in [0.4, 0.5) is 4.39 Å². The lowest BCUT2D eigenvalue weighted by molar-refractivity contribution is 0.174. The van der Waals surface area contributed by atoms with Crippen molar-refractivity contribution >= 4 is 22.9 Å². The summed E-state index contributed by atoms with van der Waals surface area (Å²) in [5.74, 6) is 1.68. The molecule has 1 unspecified atom stereocenters. The molecule has 5 rings (SSSR count). The molecule has 3 aromatic rings. The molecule has 7 nitrogen and oxygen atoms in total. The van der Waals surface area contributed by atoms with Crippen molar-refractivity contribution in [1.82, 2.24) is 20.4 Å². The molecule has 32 heavy (non-hydrogen) atoms. The second-order valence-corrected chi connectivity index (χ2v) is 7.71. The molecule has 1 atom stereocenters. The highest BCUT2D eigenvalue weighted by atomic mass is 32.1. The molecule has 2 aliphatic heterocycles. The molecule has 0 aliphatic carbocycles. The van der Waals surface area contributed by atoms with Crippen molar-refractivity contribution in [3.05, 3.63) is 78.1 Å². The van der Waals surface area contributed by atoms with Crippen molar-refractivity contribution in [1.29, 1.82) is 0 Å². The van der Waals surface area contributed by atoms with Crippen LogP contribution in [0, 0.1) is 5.82 Å². The molecule has 1 aromatic heterocycles. The third-order valence-corrected chi connectivity index (χ3v) is 5.72. The van der Waals surface area contributed by atoms with Gasteiger partial charge in [0.05, 0.1) is 11.6 Å². The Labute approximate surface area is 189 Å². The normalized spacial score (nSPS) is 17.5. The van der Waals surface area contributed by atoms with E-state index in [-0.39, 0.29) is 12.6 Å². The van der Waals surface area contributed by atoms with E-state index in [9.17, 15) is 4.39 Å². The van der Waals surface area contributed by atoms with Crippen molar-refractivity contribution in [3.8, 4) is 22.9 Å². The fourth-order valence-corrected chi connectivity index (χ4v) is 4.16. The van der Waals surface area contributed by atoms with Gasteiger partial charge in [0.1, 0.15) is 5.82 Å². The largest absolute Gasteiger partial charge is 0.454 e. The zero-order valence-electron chi connectivity index (χ0n) is 17.2. The number of thiocarbonyl (C=S) groups is 1. The van der Waals surface area contributed by atoms with Crippen LogP contribution in [0.25, 0.3) is 17.0 Å². The molecule has 0 saturated heterocycles. The topological polar surface area (TPSA) is 72.7 Å². The monoisotopic (exact) mass is 450 g/mol. The van der Waals surface area contributed by atoms with Gasteiger partial charge in [-0.1, -0.05) is 23.4 Å².